The lowest BCUT2D eigenvalue weighted by Crippen LogP contribution is -2.71. The van der Waals surface area contributed by atoms with Gasteiger partial charge in [-0.25, -0.2) is 9.29 Å². The number of oxime groups is 1. The number of rotatable bonds is 11. The van der Waals surface area contributed by atoms with E-state index in [4.69, 9.17) is 31.0 Å². The van der Waals surface area contributed by atoms with Gasteiger partial charge in [0.25, 0.3) is 11.8 Å². The average molecular weight is 542 g/mol. The van der Waals surface area contributed by atoms with Crippen molar-refractivity contribution in [3.05, 3.63) is 40.4 Å². The minimum Gasteiger partial charge on any atom is -0.490 e. The minimum atomic E-state index is -4.75. The van der Waals surface area contributed by atoms with Crippen molar-refractivity contribution in [2.45, 2.75) is 25.6 Å². The van der Waals surface area contributed by atoms with Gasteiger partial charge in [-0.1, -0.05) is 5.16 Å². The van der Waals surface area contributed by atoms with Gasteiger partial charge in [-0.2, -0.15) is 8.42 Å². The first-order chi connectivity index (χ1) is 16.9. The predicted molar refractivity (Wildman–Crippen MR) is 128 cm³/mol. The molecule has 8 N–H and O–H groups in total. The third-order valence-corrected chi connectivity index (χ3v) is 6.66. The number of nitrogens with two attached hydrogens (primary N) is 2. The Labute approximate surface area is 209 Å². The molecule has 3 rings (SSSR count). The highest BCUT2D eigenvalue weighted by atomic mass is 32.2. The summed E-state index contributed by atoms with van der Waals surface area (Å²) in [6.07, 6.45) is 0. The second-order valence-corrected chi connectivity index (χ2v) is 9.57. The molecule has 1 fully saturated rings. The normalized spacial score (nSPS) is 17.9. The van der Waals surface area contributed by atoms with Crippen LogP contribution in [-0.4, -0.2) is 76.0 Å². The number of hydrogen-bond acceptors (Lipinski definition) is 12. The summed E-state index contributed by atoms with van der Waals surface area (Å²) in [7, 11) is -4.75. The summed E-state index contributed by atoms with van der Waals surface area (Å²) >= 11 is 1.03. The van der Waals surface area contributed by atoms with Crippen LogP contribution in [0.25, 0.3) is 0 Å². The SMILES string of the molecule is C[C@H]1[C@H](NC(=O)/C(=N\OCCOc2ccc(C(=N)N)cc2CO)c2csc(N)n2)C(=O)N1S(=O)(=O)O. The molecule has 194 valence electrons. The standard InChI is InChI=1S/C19H23N7O8S2/c1-9-14(18(29)26(9)36(30,31)32)24-17(28)15(12-8-35-19(22)23-12)25-34-5-4-33-13-3-2-10(16(20)21)6-11(13)7-27/h2-3,6,8-9,14,27H,4-5,7H2,1H3,(H3,20,21)(H2,22,23)(H,24,28)(H,30,31,32)/b25-15-/t9-,14-/m0/s1. The predicted octanol–water partition coefficient (Wildman–Crippen LogP) is -1.18. The Hall–Kier alpha value is -3.80. The van der Waals surface area contributed by atoms with Crippen LogP contribution in [0.15, 0.2) is 28.7 Å². The van der Waals surface area contributed by atoms with Crippen molar-refractivity contribution in [3.8, 4) is 5.75 Å². The number of aliphatic hydroxyl groups excluding tert-OH is 1. The first-order valence-electron chi connectivity index (χ1n) is 10.2. The van der Waals surface area contributed by atoms with Crippen LogP contribution in [-0.2, 0) is 31.3 Å². The molecule has 36 heavy (non-hydrogen) atoms. The van der Waals surface area contributed by atoms with Crippen molar-refractivity contribution < 1.29 is 37.2 Å². The van der Waals surface area contributed by atoms with E-state index in [-0.39, 0.29) is 46.5 Å². The summed E-state index contributed by atoms with van der Waals surface area (Å²) in [5.41, 5.74) is 11.6. The van der Waals surface area contributed by atoms with E-state index in [9.17, 15) is 23.1 Å². The number of amidine groups is 1. The molecular formula is C19H23N7O8S2. The van der Waals surface area contributed by atoms with Crippen LogP contribution in [0.4, 0.5) is 5.13 Å². The maximum absolute atomic E-state index is 12.8. The third-order valence-electron chi connectivity index (χ3n) is 4.98. The zero-order valence-electron chi connectivity index (χ0n) is 18.7. The molecule has 1 aliphatic heterocycles. The van der Waals surface area contributed by atoms with Crippen molar-refractivity contribution in [1.82, 2.24) is 14.6 Å². The van der Waals surface area contributed by atoms with Crippen molar-refractivity contribution in [1.29, 1.82) is 5.41 Å². The van der Waals surface area contributed by atoms with Gasteiger partial charge in [0.05, 0.1) is 12.6 Å². The van der Waals surface area contributed by atoms with E-state index < -0.39 is 34.2 Å². The highest BCUT2D eigenvalue weighted by molar-refractivity contribution is 7.84. The van der Waals surface area contributed by atoms with Crippen molar-refractivity contribution >= 4 is 50.1 Å². The molecule has 0 spiro atoms. The van der Waals surface area contributed by atoms with Crippen molar-refractivity contribution in [3.63, 3.8) is 0 Å². The number of β-lactam (4-membered cyclic amide) rings is 1. The summed E-state index contributed by atoms with van der Waals surface area (Å²) in [6.45, 7) is 0.810. The molecule has 1 aromatic heterocycles. The number of aliphatic hydroxyl groups is 1. The second kappa shape index (κ2) is 10.9. The van der Waals surface area contributed by atoms with Crippen LogP contribution in [0, 0.1) is 5.41 Å². The van der Waals surface area contributed by atoms with Gasteiger partial charge in [-0.15, -0.1) is 11.3 Å². The molecule has 15 nitrogen and oxygen atoms in total. The summed E-state index contributed by atoms with van der Waals surface area (Å²) < 4.78 is 37.4. The van der Waals surface area contributed by atoms with Gasteiger partial charge in [0.15, 0.2) is 17.5 Å². The van der Waals surface area contributed by atoms with Gasteiger partial charge < -0.3 is 31.5 Å². The van der Waals surface area contributed by atoms with Gasteiger partial charge in [0, 0.05) is 16.5 Å². The molecule has 0 radical (unpaired) electrons. The zero-order valence-corrected chi connectivity index (χ0v) is 20.4. The number of aromatic nitrogens is 1. The summed E-state index contributed by atoms with van der Waals surface area (Å²) in [5.74, 6) is -1.73. The number of carbonyl (C=O) groups excluding carboxylic acids is 2. The van der Waals surface area contributed by atoms with Crippen LogP contribution in [0.3, 0.4) is 0 Å². The molecule has 0 aliphatic carbocycles. The quantitative estimate of drug-likeness (QED) is 0.0493. The summed E-state index contributed by atoms with van der Waals surface area (Å²) in [6, 6.07) is 2.35. The third kappa shape index (κ3) is 5.88. The van der Waals surface area contributed by atoms with E-state index in [1.807, 2.05) is 0 Å². The molecule has 1 aromatic carbocycles. The largest absolute Gasteiger partial charge is 0.490 e. The fraction of sp³-hybridized carbons (Fsp3) is 0.316. The number of ether oxygens (including phenoxy) is 1. The highest BCUT2D eigenvalue weighted by Gasteiger charge is 2.51. The number of nitrogens with one attached hydrogen (secondary N) is 2. The number of amides is 2. The Balaban J connectivity index is 1.65. The molecule has 1 saturated heterocycles. The Morgan fingerprint density at radius 2 is 2.11 bits per heavy atom. The molecule has 0 saturated carbocycles. The lowest BCUT2D eigenvalue weighted by molar-refractivity contribution is -0.143. The Morgan fingerprint density at radius 3 is 2.67 bits per heavy atom. The first-order valence-corrected chi connectivity index (χ1v) is 12.5. The van der Waals surface area contributed by atoms with Gasteiger partial charge in [0.2, 0.25) is 0 Å². The second-order valence-electron chi connectivity index (χ2n) is 7.39. The highest BCUT2D eigenvalue weighted by Crippen LogP contribution is 2.23. The molecule has 1 aliphatic rings. The number of carbonyl (C=O) groups is 2. The summed E-state index contributed by atoms with van der Waals surface area (Å²) in [5, 5.41) is 24.7. The molecule has 2 amide bonds. The molecule has 0 bridgehead atoms. The van der Waals surface area contributed by atoms with Crippen molar-refractivity contribution in [2.75, 3.05) is 18.9 Å². The minimum absolute atomic E-state index is 0.0362. The Morgan fingerprint density at radius 1 is 1.39 bits per heavy atom. The molecular weight excluding hydrogens is 518 g/mol. The van der Waals surface area contributed by atoms with E-state index >= 15 is 0 Å². The fourth-order valence-corrected chi connectivity index (χ4v) is 4.66. The first kappa shape index (κ1) is 26.8. The van der Waals surface area contributed by atoms with E-state index in [0.29, 0.717) is 16.9 Å². The Bertz CT molecular complexity index is 1310. The molecule has 2 atom stereocenters. The number of nitrogens with zero attached hydrogens (tertiary/aromatic N) is 3. The zero-order chi connectivity index (χ0) is 26.6. The number of hydrogen-bond donors (Lipinski definition) is 6. The molecule has 2 aromatic rings. The van der Waals surface area contributed by atoms with Gasteiger partial charge in [-0.3, -0.25) is 19.6 Å². The van der Waals surface area contributed by atoms with Gasteiger partial charge in [0.1, 0.15) is 29.9 Å². The average Bonchev–Trinajstić information content (AvgIpc) is 3.24. The van der Waals surface area contributed by atoms with Crippen LogP contribution in [0.1, 0.15) is 23.7 Å². The monoisotopic (exact) mass is 541 g/mol. The maximum Gasteiger partial charge on any atom is 0.362 e. The number of thiazole rings is 1. The summed E-state index contributed by atoms with van der Waals surface area (Å²) in [4.78, 5) is 34.0. The molecule has 2 heterocycles. The topological polar surface area (TPSA) is 244 Å². The molecule has 17 heteroatoms. The van der Waals surface area contributed by atoms with E-state index in [2.05, 4.69) is 15.5 Å². The lowest BCUT2D eigenvalue weighted by atomic mass is 10.0. The number of benzene rings is 1. The molecule has 0 unspecified atom stereocenters. The smallest absolute Gasteiger partial charge is 0.362 e. The fourth-order valence-electron chi connectivity index (χ4n) is 3.22. The number of anilines is 1. The lowest BCUT2D eigenvalue weighted by Gasteiger charge is -2.42. The number of nitrogen functional groups attached to an aromatic ring is 2. The van der Waals surface area contributed by atoms with E-state index in [1.54, 1.807) is 6.07 Å². The van der Waals surface area contributed by atoms with Gasteiger partial charge in [-0.05, 0) is 25.1 Å². The van der Waals surface area contributed by atoms with Crippen LogP contribution in [0.5, 0.6) is 5.75 Å². The maximum atomic E-state index is 12.8. The van der Waals surface area contributed by atoms with E-state index in [0.717, 1.165) is 11.3 Å². The van der Waals surface area contributed by atoms with Gasteiger partial charge >= 0.3 is 10.3 Å². The van der Waals surface area contributed by atoms with Crippen molar-refractivity contribution in [2.24, 2.45) is 10.9 Å². The van der Waals surface area contributed by atoms with Crippen LogP contribution < -0.4 is 21.5 Å². The van der Waals surface area contributed by atoms with E-state index in [1.165, 1.54) is 24.4 Å². The van der Waals surface area contributed by atoms with Crippen LogP contribution in [0.2, 0.25) is 0 Å². The van der Waals surface area contributed by atoms with Crippen LogP contribution >= 0.6 is 11.3 Å². The Kier molecular flexibility index (Phi) is 8.08.